The van der Waals surface area contributed by atoms with Gasteiger partial charge in [0.15, 0.2) is 17.5 Å². The van der Waals surface area contributed by atoms with Crippen LogP contribution in [0.25, 0.3) is 16.9 Å². The number of nitrogens with one attached hydrogen (secondary N) is 2. The Hall–Kier alpha value is -3.82. The number of nitrogens with zero attached hydrogens (tertiary/aromatic N) is 8. The van der Waals surface area contributed by atoms with Gasteiger partial charge in [-0.1, -0.05) is 6.07 Å². The fraction of sp³-hybridized carbons (Fsp3) is 0.552. The first-order valence-electron chi connectivity index (χ1n) is 14.7. The van der Waals surface area contributed by atoms with Gasteiger partial charge in [0.05, 0.1) is 23.3 Å². The SMILES string of the molecule is N#CCC(=O)N1CCC[C@@H](Nc2nc(-c3cnn4ccccc34)nc(N3CCC(CN4CCNCC4)CC3)c2F)C1. The van der Waals surface area contributed by atoms with Crippen LogP contribution in [0.2, 0.25) is 0 Å². The van der Waals surface area contributed by atoms with Crippen molar-refractivity contribution in [3.05, 3.63) is 36.4 Å². The first-order chi connectivity index (χ1) is 20.1. The molecular formula is C29H37FN10O. The van der Waals surface area contributed by atoms with E-state index in [4.69, 9.17) is 10.2 Å². The highest BCUT2D eigenvalue weighted by Crippen LogP contribution is 2.32. The minimum Gasteiger partial charge on any atom is -0.363 e. The predicted molar refractivity (Wildman–Crippen MR) is 154 cm³/mol. The molecule has 0 unspecified atom stereocenters. The first-order valence-corrected chi connectivity index (χ1v) is 14.7. The highest BCUT2D eigenvalue weighted by atomic mass is 19.1. The zero-order valence-electron chi connectivity index (χ0n) is 23.3. The average Bonchev–Trinajstić information content (AvgIpc) is 3.44. The van der Waals surface area contributed by atoms with Gasteiger partial charge in [-0.2, -0.15) is 14.8 Å². The second kappa shape index (κ2) is 12.4. The van der Waals surface area contributed by atoms with Crippen LogP contribution in [0.5, 0.6) is 0 Å². The monoisotopic (exact) mass is 560 g/mol. The van der Waals surface area contributed by atoms with Crippen molar-refractivity contribution in [1.82, 2.24) is 34.7 Å². The molecule has 3 aromatic heterocycles. The molecule has 3 fully saturated rings. The molecule has 0 spiro atoms. The minimum absolute atomic E-state index is 0.141. The normalized spacial score (nSPS) is 20.7. The summed E-state index contributed by atoms with van der Waals surface area (Å²) in [6.45, 7) is 7.81. The van der Waals surface area contributed by atoms with E-state index in [0.717, 1.165) is 82.6 Å². The number of aromatic nitrogens is 4. The zero-order chi connectivity index (χ0) is 28.2. The molecule has 3 aliphatic rings. The maximum absolute atomic E-state index is 16.2. The van der Waals surface area contributed by atoms with E-state index in [1.54, 1.807) is 15.6 Å². The molecule has 0 saturated carbocycles. The molecule has 41 heavy (non-hydrogen) atoms. The predicted octanol–water partition coefficient (Wildman–Crippen LogP) is 2.37. The van der Waals surface area contributed by atoms with E-state index >= 15 is 4.39 Å². The van der Waals surface area contributed by atoms with Crippen LogP contribution in [0.15, 0.2) is 30.6 Å². The zero-order valence-corrected chi connectivity index (χ0v) is 23.3. The van der Waals surface area contributed by atoms with E-state index in [9.17, 15) is 4.79 Å². The average molecular weight is 561 g/mol. The van der Waals surface area contributed by atoms with Crippen LogP contribution in [-0.4, -0.2) is 100 Å². The molecule has 0 radical (unpaired) electrons. The minimum atomic E-state index is -0.466. The molecule has 1 atom stereocenters. The van der Waals surface area contributed by atoms with Crippen molar-refractivity contribution in [2.24, 2.45) is 5.92 Å². The Morgan fingerprint density at radius 1 is 1.12 bits per heavy atom. The third-order valence-electron chi connectivity index (χ3n) is 8.49. The Morgan fingerprint density at radius 3 is 2.76 bits per heavy atom. The van der Waals surface area contributed by atoms with Gasteiger partial charge in [0.2, 0.25) is 11.7 Å². The number of carbonyl (C=O) groups excluding carboxylic acids is 1. The number of likely N-dealkylation sites (tertiary alicyclic amines) is 1. The number of pyridine rings is 1. The van der Waals surface area contributed by atoms with Crippen LogP contribution in [0.3, 0.4) is 0 Å². The van der Waals surface area contributed by atoms with E-state index in [2.05, 4.69) is 30.5 Å². The molecule has 1 amide bonds. The Balaban J connectivity index is 1.26. The summed E-state index contributed by atoms with van der Waals surface area (Å²) < 4.78 is 18.0. The Kier molecular flexibility index (Phi) is 8.25. The summed E-state index contributed by atoms with van der Waals surface area (Å²) in [7, 11) is 0. The number of nitriles is 1. The standard InChI is InChI=1S/C29H37FN10O/c30-26-28(34-22-4-3-12-39(20-22)25(41)6-9-31)35-27(23-18-33-40-13-2-1-5-24(23)40)36-29(26)38-14-7-21(8-15-38)19-37-16-10-32-11-17-37/h1-2,5,13,18,21-22,32H,3-4,6-8,10-12,14-17,19-20H2,(H,34,35,36)/t22-/m1/s1. The lowest BCUT2D eigenvalue weighted by molar-refractivity contribution is -0.131. The van der Waals surface area contributed by atoms with Crippen LogP contribution in [0, 0.1) is 23.1 Å². The Morgan fingerprint density at radius 2 is 1.95 bits per heavy atom. The number of fused-ring (bicyclic) bond motifs is 1. The quantitative estimate of drug-likeness (QED) is 0.449. The Bertz CT molecular complexity index is 1410. The number of amides is 1. The molecule has 0 aromatic carbocycles. The summed E-state index contributed by atoms with van der Waals surface area (Å²) in [6.07, 6.45) is 6.96. The molecular weight excluding hydrogens is 523 g/mol. The second-order valence-electron chi connectivity index (χ2n) is 11.3. The number of halogens is 1. The van der Waals surface area contributed by atoms with Gasteiger partial charge in [0.25, 0.3) is 0 Å². The Labute approximate surface area is 239 Å². The number of anilines is 2. The number of carbonyl (C=O) groups is 1. The summed E-state index contributed by atoms with van der Waals surface area (Å²) in [5.41, 5.74) is 1.58. The van der Waals surface area contributed by atoms with Crippen molar-refractivity contribution < 1.29 is 9.18 Å². The summed E-state index contributed by atoms with van der Waals surface area (Å²) in [5.74, 6) is 0.792. The highest BCUT2D eigenvalue weighted by Gasteiger charge is 2.29. The van der Waals surface area contributed by atoms with Gasteiger partial charge in [-0.3, -0.25) is 4.79 Å². The number of hydrogen-bond donors (Lipinski definition) is 2. The van der Waals surface area contributed by atoms with Gasteiger partial charge in [-0.05, 0) is 43.7 Å². The van der Waals surface area contributed by atoms with Crippen molar-refractivity contribution >= 4 is 23.1 Å². The summed E-state index contributed by atoms with van der Waals surface area (Å²) >= 11 is 0. The van der Waals surface area contributed by atoms with E-state index in [0.29, 0.717) is 30.6 Å². The van der Waals surface area contributed by atoms with Crippen molar-refractivity contribution in [2.75, 3.05) is 69.1 Å². The summed E-state index contributed by atoms with van der Waals surface area (Å²) in [6, 6.07) is 7.54. The fourth-order valence-corrected chi connectivity index (χ4v) is 6.25. The summed E-state index contributed by atoms with van der Waals surface area (Å²) in [5, 5.41) is 20.1. The van der Waals surface area contributed by atoms with Gasteiger partial charge in [0, 0.05) is 71.1 Å². The number of rotatable bonds is 7. The van der Waals surface area contributed by atoms with Crippen LogP contribution < -0.4 is 15.5 Å². The van der Waals surface area contributed by atoms with Gasteiger partial charge in [0.1, 0.15) is 6.42 Å². The lowest BCUT2D eigenvalue weighted by Crippen LogP contribution is -2.47. The topological polar surface area (TPSA) is 118 Å². The third-order valence-corrected chi connectivity index (χ3v) is 8.49. The maximum Gasteiger partial charge on any atom is 0.236 e. The van der Waals surface area contributed by atoms with Gasteiger partial charge < -0.3 is 25.3 Å². The number of piperazine rings is 1. The van der Waals surface area contributed by atoms with Crippen LogP contribution in [-0.2, 0) is 4.79 Å². The number of piperidine rings is 2. The highest BCUT2D eigenvalue weighted by molar-refractivity contribution is 5.79. The second-order valence-corrected chi connectivity index (χ2v) is 11.3. The fourth-order valence-electron chi connectivity index (χ4n) is 6.25. The smallest absolute Gasteiger partial charge is 0.236 e. The van der Waals surface area contributed by atoms with Crippen molar-refractivity contribution in [2.45, 2.75) is 38.1 Å². The van der Waals surface area contributed by atoms with Crippen LogP contribution in [0.1, 0.15) is 32.1 Å². The van der Waals surface area contributed by atoms with E-state index < -0.39 is 5.82 Å². The third kappa shape index (κ3) is 6.11. The maximum atomic E-state index is 16.2. The molecule has 0 bridgehead atoms. The van der Waals surface area contributed by atoms with Crippen molar-refractivity contribution in [3.8, 4) is 17.5 Å². The van der Waals surface area contributed by atoms with E-state index in [-0.39, 0.29) is 24.2 Å². The van der Waals surface area contributed by atoms with Crippen LogP contribution >= 0.6 is 0 Å². The lowest BCUT2D eigenvalue weighted by Gasteiger charge is -2.37. The van der Waals surface area contributed by atoms with E-state index in [1.165, 1.54) is 0 Å². The molecule has 3 saturated heterocycles. The van der Waals surface area contributed by atoms with Crippen molar-refractivity contribution in [3.63, 3.8) is 0 Å². The molecule has 2 N–H and O–H groups in total. The van der Waals surface area contributed by atoms with Crippen LogP contribution in [0.4, 0.5) is 16.0 Å². The lowest BCUT2D eigenvalue weighted by atomic mass is 9.96. The van der Waals surface area contributed by atoms with Crippen molar-refractivity contribution in [1.29, 1.82) is 5.26 Å². The van der Waals surface area contributed by atoms with Gasteiger partial charge >= 0.3 is 0 Å². The molecule has 216 valence electrons. The van der Waals surface area contributed by atoms with Gasteiger partial charge in [-0.15, -0.1) is 0 Å². The molecule has 6 rings (SSSR count). The summed E-state index contributed by atoms with van der Waals surface area (Å²) in [4.78, 5) is 28.1. The first kappa shape index (κ1) is 27.4. The largest absolute Gasteiger partial charge is 0.363 e. The molecule has 3 aliphatic heterocycles. The molecule has 3 aromatic rings. The van der Waals surface area contributed by atoms with Gasteiger partial charge in [-0.25, -0.2) is 14.5 Å². The molecule has 11 nitrogen and oxygen atoms in total. The number of hydrogen-bond acceptors (Lipinski definition) is 9. The molecule has 0 aliphatic carbocycles. The molecule has 6 heterocycles. The molecule has 12 heteroatoms. The van der Waals surface area contributed by atoms with E-state index in [1.807, 2.05) is 30.5 Å².